The van der Waals surface area contributed by atoms with E-state index in [0.717, 1.165) is 31.1 Å². The summed E-state index contributed by atoms with van der Waals surface area (Å²) in [5, 5.41) is 0.764. The molecule has 0 aliphatic carbocycles. The highest BCUT2D eigenvalue weighted by Crippen LogP contribution is 2.23. The Morgan fingerprint density at radius 2 is 1.67 bits per heavy atom. The molecule has 0 aliphatic heterocycles. The van der Waals surface area contributed by atoms with Gasteiger partial charge in [0.15, 0.2) is 0 Å². The molecule has 1 aromatic carbocycles. The first-order valence-electron chi connectivity index (χ1n) is 6.52. The van der Waals surface area contributed by atoms with Gasteiger partial charge in [0.1, 0.15) is 0 Å². The fourth-order valence-corrected chi connectivity index (χ4v) is 2.17. The molecule has 0 aromatic heterocycles. The van der Waals surface area contributed by atoms with Crippen molar-refractivity contribution in [3.63, 3.8) is 0 Å². The minimum Gasteiger partial charge on any atom is -0.381 e. The SMILES string of the molecule is CC(C)CCOCCC(CCl)c1ccc(Cl)cc1. The Labute approximate surface area is 120 Å². The molecule has 1 nitrogen and oxygen atoms in total. The van der Waals surface area contributed by atoms with Crippen LogP contribution >= 0.6 is 23.2 Å². The Morgan fingerprint density at radius 3 is 2.22 bits per heavy atom. The molecule has 1 rings (SSSR count). The van der Waals surface area contributed by atoms with Crippen molar-refractivity contribution in [2.24, 2.45) is 5.92 Å². The van der Waals surface area contributed by atoms with Crippen LogP contribution in [0.15, 0.2) is 24.3 Å². The summed E-state index contributed by atoms with van der Waals surface area (Å²) in [7, 11) is 0. The Bertz CT molecular complexity index is 322. The van der Waals surface area contributed by atoms with Crippen LogP contribution < -0.4 is 0 Å². The highest BCUT2D eigenvalue weighted by Gasteiger charge is 2.10. The van der Waals surface area contributed by atoms with Crippen molar-refractivity contribution in [3.05, 3.63) is 34.9 Å². The summed E-state index contributed by atoms with van der Waals surface area (Å²) in [6, 6.07) is 7.92. The molecule has 0 heterocycles. The molecule has 3 heteroatoms. The van der Waals surface area contributed by atoms with Crippen LogP contribution in [0.2, 0.25) is 5.02 Å². The number of ether oxygens (including phenoxy) is 1. The molecule has 0 saturated heterocycles. The van der Waals surface area contributed by atoms with Gasteiger partial charge in [-0.15, -0.1) is 11.6 Å². The van der Waals surface area contributed by atoms with Gasteiger partial charge in [-0.1, -0.05) is 37.6 Å². The molecule has 0 bridgehead atoms. The van der Waals surface area contributed by atoms with E-state index < -0.39 is 0 Å². The average molecular weight is 289 g/mol. The van der Waals surface area contributed by atoms with E-state index in [2.05, 4.69) is 13.8 Å². The number of halogens is 2. The van der Waals surface area contributed by atoms with Gasteiger partial charge in [0, 0.05) is 24.1 Å². The van der Waals surface area contributed by atoms with Crippen molar-refractivity contribution < 1.29 is 4.74 Å². The van der Waals surface area contributed by atoms with Gasteiger partial charge in [-0.05, 0) is 42.4 Å². The zero-order chi connectivity index (χ0) is 13.4. The van der Waals surface area contributed by atoms with Gasteiger partial charge < -0.3 is 4.74 Å². The predicted octanol–water partition coefficient (Wildman–Crippen LogP) is 5.12. The van der Waals surface area contributed by atoms with E-state index in [-0.39, 0.29) is 0 Å². The molecular formula is C15H22Cl2O. The Hall–Kier alpha value is -0.240. The Balaban J connectivity index is 2.31. The lowest BCUT2D eigenvalue weighted by atomic mass is 9.98. The van der Waals surface area contributed by atoms with Crippen LogP contribution in [0.3, 0.4) is 0 Å². The van der Waals surface area contributed by atoms with E-state index in [4.69, 9.17) is 27.9 Å². The first kappa shape index (κ1) is 15.8. The third-order valence-corrected chi connectivity index (χ3v) is 3.60. The fraction of sp³-hybridized carbons (Fsp3) is 0.600. The largest absolute Gasteiger partial charge is 0.381 e. The average Bonchev–Trinajstić information content (AvgIpc) is 2.35. The highest BCUT2D eigenvalue weighted by molar-refractivity contribution is 6.30. The van der Waals surface area contributed by atoms with Crippen LogP contribution in [0.1, 0.15) is 38.2 Å². The highest BCUT2D eigenvalue weighted by atomic mass is 35.5. The second-order valence-electron chi connectivity index (χ2n) is 4.99. The van der Waals surface area contributed by atoms with Crippen molar-refractivity contribution in [2.75, 3.05) is 19.1 Å². The molecule has 1 atom stereocenters. The minimum atomic E-state index is 0.350. The number of hydrogen-bond acceptors (Lipinski definition) is 1. The molecular weight excluding hydrogens is 267 g/mol. The van der Waals surface area contributed by atoms with Gasteiger partial charge in [0.25, 0.3) is 0 Å². The molecule has 0 aliphatic rings. The summed E-state index contributed by atoms with van der Waals surface area (Å²) in [6.45, 7) is 6.03. The van der Waals surface area contributed by atoms with Crippen LogP contribution in [-0.2, 0) is 4.74 Å². The van der Waals surface area contributed by atoms with Crippen LogP contribution in [0.5, 0.6) is 0 Å². The lowest BCUT2D eigenvalue weighted by Gasteiger charge is -2.15. The molecule has 0 N–H and O–H groups in total. The fourth-order valence-electron chi connectivity index (χ4n) is 1.71. The molecule has 102 valence electrons. The second kappa shape index (κ2) is 8.79. The van der Waals surface area contributed by atoms with Crippen molar-refractivity contribution in [1.82, 2.24) is 0 Å². The maximum atomic E-state index is 6.02. The van der Waals surface area contributed by atoms with Crippen molar-refractivity contribution >= 4 is 23.2 Å². The topological polar surface area (TPSA) is 9.23 Å². The van der Waals surface area contributed by atoms with Crippen molar-refractivity contribution in [3.8, 4) is 0 Å². The number of rotatable bonds is 8. The smallest absolute Gasteiger partial charge is 0.0472 e. The molecule has 0 amide bonds. The Kier molecular flexibility index (Phi) is 7.73. The van der Waals surface area contributed by atoms with Gasteiger partial charge in [-0.3, -0.25) is 0 Å². The van der Waals surface area contributed by atoms with Gasteiger partial charge in [-0.25, -0.2) is 0 Å². The van der Waals surface area contributed by atoms with Crippen LogP contribution in [0.4, 0.5) is 0 Å². The van der Waals surface area contributed by atoms with Crippen molar-refractivity contribution in [1.29, 1.82) is 0 Å². The zero-order valence-electron chi connectivity index (χ0n) is 11.2. The monoisotopic (exact) mass is 288 g/mol. The molecule has 0 radical (unpaired) electrons. The lowest BCUT2D eigenvalue weighted by Crippen LogP contribution is -2.07. The maximum Gasteiger partial charge on any atom is 0.0472 e. The molecule has 18 heavy (non-hydrogen) atoms. The maximum absolute atomic E-state index is 6.02. The van der Waals surface area contributed by atoms with E-state index >= 15 is 0 Å². The first-order chi connectivity index (χ1) is 8.63. The quantitative estimate of drug-likeness (QED) is 0.477. The molecule has 1 aromatic rings. The molecule has 0 spiro atoms. The lowest BCUT2D eigenvalue weighted by molar-refractivity contribution is 0.118. The molecule has 1 unspecified atom stereocenters. The molecule has 0 fully saturated rings. The van der Waals surface area contributed by atoms with E-state index in [0.29, 0.717) is 17.7 Å². The van der Waals surface area contributed by atoms with Crippen LogP contribution in [0, 0.1) is 5.92 Å². The third-order valence-electron chi connectivity index (χ3n) is 2.98. The van der Waals surface area contributed by atoms with Crippen LogP contribution in [0.25, 0.3) is 0 Å². The van der Waals surface area contributed by atoms with E-state index in [1.54, 1.807) is 0 Å². The molecule has 0 saturated carbocycles. The second-order valence-corrected chi connectivity index (χ2v) is 5.73. The van der Waals surface area contributed by atoms with Crippen LogP contribution in [-0.4, -0.2) is 19.1 Å². The minimum absolute atomic E-state index is 0.350. The van der Waals surface area contributed by atoms with E-state index in [9.17, 15) is 0 Å². The van der Waals surface area contributed by atoms with Crippen molar-refractivity contribution in [2.45, 2.75) is 32.6 Å². The summed E-state index contributed by atoms with van der Waals surface area (Å²) in [5.41, 5.74) is 1.24. The predicted molar refractivity (Wildman–Crippen MR) is 79.8 cm³/mol. The summed E-state index contributed by atoms with van der Waals surface area (Å²) in [5.74, 6) is 1.67. The summed E-state index contributed by atoms with van der Waals surface area (Å²) in [4.78, 5) is 0. The summed E-state index contributed by atoms with van der Waals surface area (Å²) < 4.78 is 5.64. The Morgan fingerprint density at radius 1 is 1.06 bits per heavy atom. The zero-order valence-corrected chi connectivity index (χ0v) is 12.7. The van der Waals surface area contributed by atoms with E-state index in [1.165, 1.54) is 5.56 Å². The number of benzene rings is 1. The normalized spacial score (nSPS) is 12.9. The van der Waals surface area contributed by atoms with Gasteiger partial charge in [0.05, 0.1) is 0 Å². The van der Waals surface area contributed by atoms with Gasteiger partial charge in [0.2, 0.25) is 0 Å². The summed E-state index contributed by atoms with van der Waals surface area (Å²) >= 11 is 11.9. The number of hydrogen-bond donors (Lipinski definition) is 0. The first-order valence-corrected chi connectivity index (χ1v) is 7.44. The third kappa shape index (κ3) is 6.08. The standard InChI is InChI=1S/C15H22Cl2O/c1-12(2)7-9-18-10-8-14(11-16)13-3-5-15(17)6-4-13/h3-6,12,14H,7-11H2,1-2H3. The van der Waals surface area contributed by atoms with Gasteiger partial charge >= 0.3 is 0 Å². The number of alkyl halides is 1. The van der Waals surface area contributed by atoms with E-state index in [1.807, 2.05) is 24.3 Å². The van der Waals surface area contributed by atoms with Gasteiger partial charge in [-0.2, -0.15) is 0 Å². The summed E-state index contributed by atoms with van der Waals surface area (Å²) in [6.07, 6.45) is 2.08.